The van der Waals surface area contributed by atoms with Crippen LogP contribution in [0.15, 0.2) is 24.3 Å². The molecule has 2 rings (SSSR count). The van der Waals surface area contributed by atoms with Gasteiger partial charge in [-0.25, -0.2) is 8.42 Å². The summed E-state index contributed by atoms with van der Waals surface area (Å²) < 4.78 is 24.2. The van der Waals surface area contributed by atoms with E-state index < -0.39 is 9.84 Å². The van der Waals surface area contributed by atoms with Crippen LogP contribution in [-0.2, 0) is 16.3 Å². The van der Waals surface area contributed by atoms with Gasteiger partial charge in [0.1, 0.15) is 0 Å². The van der Waals surface area contributed by atoms with E-state index in [0.717, 1.165) is 12.8 Å². The van der Waals surface area contributed by atoms with Gasteiger partial charge in [0.2, 0.25) is 0 Å². The highest BCUT2D eigenvalue weighted by atomic mass is 127. The van der Waals surface area contributed by atoms with E-state index in [9.17, 15) is 8.42 Å². The van der Waals surface area contributed by atoms with Gasteiger partial charge in [0.15, 0.2) is 9.84 Å². The Balaban J connectivity index is 2.04. The first-order chi connectivity index (χ1) is 8.50. The van der Waals surface area contributed by atoms with E-state index in [0.29, 0.717) is 18.1 Å². The summed E-state index contributed by atoms with van der Waals surface area (Å²) in [5, 5.41) is 0. The molecule has 1 aromatic carbocycles. The van der Waals surface area contributed by atoms with Crippen molar-refractivity contribution in [1.82, 2.24) is 0 Å². The summed E-state index contributed by atoms with van der Waals surface area (Å²) in [5.74, 6) is 1.17. The molecule has 0 aromatic heterocycles. The van der Waals surface area contributed by atoms with Gasteiger partial charge in [-0.2, -0.15) is 0 Å². The standard InChI is InChI=1S/C13H18INO2S/c14-13-3-1-10(2-4-13)7-12(8-15)11-5-6-18(16,17)9-11/h1-4,11-12H,5-9,15H2. The smallest absolute Gasteiger partial charge is 0.150 e. The summed E-state index contributed by atoms with van der Waals surface area (Å²) in [7, 11) is -2.81. The molecule has 2 unspecified atom stereocenters. The normalized spacial score (nSPS) is 24.0. The fourth-order valence-electron chi connectivity index (χ4n) is 2.56. The number of benzene rings is 1. The molecule has 1 heterocycles. The highest BCUT2D eigenvalue weighted by Crippen LogP contribution is 2.28. The van der Waals surface area contributed by atoms with Crippen molar-refractivity contribution in [2.24, 2.45) is 17.6 Å². The van der Waals surface area contributed by atoms with Gasteiger partial charge >= 0.3 is 0 Å². The molecule has 0 aliphatic carbocycles. The first-order valence-electron chi connectivity index (χ1n) is 6.15. The Hall–Kier alpha value is -0.140. The summed E-state index contributed by atoms with van der Waals surface area (Å²) in [4.78, 5) is 0. The van der Waals surface area contributed by atoms with Crippen molar-refractivity contribution in [3.63, 3.8) is 0 Å². The lowest BCUT2D eigenvalue weighted by molar-refractivity contribution is 0.370. The van der Waals surface area contributed by atoms with Gasteiger partial charge in [-0.3, -0.25) is 0 Å². The van der Waals surface area contributed by atoms with Gasteiger partial charge in [0, 0.05) is 3.57 Å². The van der Waals surface area contributed by atoms with Crippen molar-refractivity contribution >= 4 is 32.4 Å². The summed E-state index contributed by atoms with van der Waals surface area (Å²) in [6.07, 6.45) is 1.65. The Labute approximate surface area is 122 Å². The molecule has 1 aliphatic heterocycles. The van der Waals surface area contributed by atoms with Crippen molar-refractivity contribution in [3.8, 4) is 0 Å². The number of nitrogens with two attached hydrogens (primary N) is 1. The zero-order valence-corrected chi connectivity index (χ0v) is 13.2. The van der Waals surface area contributed by atoms with Gasteiger partial charge in [-0.1, -0.05) is 12.1 Å². The van der Waals surface area contributed by atoms with Crippen LogP contribution in [0.25, 0.3) is 0 Å². The van der Waals surface area contributed by atoms with Crippen molar-refractivity contribution < 1.29 is 8.42 Å². The van der Waals surface area contributed by atoms with Crippen LogP contribution in [0.1, 0.15) is 12.0 Å². The number of hydrogen-bond donors (Lipinski definition) is 1. The van der Waals surface area contributed by atoms with E-state index >= 15 is 0 Å². The van der Waals surface area contributed by atoms with Crippen LogP contribution < -0.4 is 5.73 Å². The van der Waals surface area contributed by atoms with E-state index in [-0.39, 0.29) is 11.8 Å². The molecule has 1 fully saturated rings. The van der Waals surface area contributed by atoms with Crippen molar-refractivity contribution in [1.29, 1.82) is 0 Å². The number of halogens is 1. The van der Waals surface area contributed by atoms with Gasteiger partial charge in [-0.05, 0) is 71.5 Å². The molecule has 2 atom stereocenters. The maximum absolute atomic E-state index is 11.5. The molecule has 0 spiro atoms. The first kappa shape index (κ1) is 14.3. The fourth-order valence-corrected chi connectivity index (χ4v) is 4.84. The predicted octanol–water partition coefficient (Wildman–Crippen LogP) is 1.84. The lowest BCUT2D eigenvalue weighted by Crippen LogP contribution is -2.26. The highest BCUT2D eigenvalue weighted by molar-refractivity contribution is 14.1. The van der Waals surface area contributed by atoms with E-state index in [1.807, 2.05) is 0 Å². The van der Waals surface area contributed by atoms with Crippen LogP contribution in [0.5, 0.6) is 0 Å². The second kappa shape index (κ2) is 5.88. The molecule has 1 aromatic rings. The maximum atomic E-state index is 11.5. The molecule has 0 amide bonds. The zero-order chi connectivity index (χ0) is 13.2. The highest BCUT2D eigenvalue weighted by Gasteiger charge is 2.32. The van der Waals surface area contributed by atoms with E-state index in [1.165, 1.54) is 9.13 Å². The quantitative estimate of drug-likeness (QED) is 0.813. The van der Waals surface area contributed by atoms with Crippen LogP contribution in [0.2, 0.25) is 0 Å². The molecule has 0 saturated carbocycles. The molecule has 0 bridgehead atoms. The van der Waals surface area contributed by atoms with E-state index in [4.69, 9.17) is 5.73 Å². The van der Waals surface area contributed by atoms with Gasteiger partial charge < -0.3 is 5.73 Å². The first-order valence-corrected chi connectivity index (χ1v) is 9.05. The zero-order valence-electron chi connectivity index (χ0n) is 10.2. The van der Waals surface area contributed by atoms with E-state index in [1.54, 1.807) is 0 Å². The molecule has 18 heavy (non-hydrogen) atoms. The van der Waals surface area contributed by atoms with E-state index in [2.05, 4.69) is 46.9 Å². The van der Waals surface area contributed by atoms with Crippen LogP contribution in [0.4, 0.5) is 0 Å². The SMILES string of the molecule is NCC(Cc1ccc(I)cc1)C1CCS(=O)(=O)C1. The molecule has 0 radical (unpaired) electrons. The third-order valence-electron chi connectivity index (χ3n) is 3.65. The third-order valence-corrected chi connectivity index (χ3v) is 6.16. The van der Waals surface area contributed by atoms with Crippen LogP contribution in [-0.4, -0.2) is 26.5 Å². The fraction of sp³-hybridized carbons (Fsp3) is 0.538. The largest absolute Gasteiger partial charge is 0.330 e. The topological polar surface area (TPSA) is 60.2 Å². The number of hydrogen-bond acceptors (Lipinski definition) is 3. The summed E-state index contributed by atoms with van der Waals surface area (Å²) in [6.45, 7) is 0.562. The number of sulfone groups is 1. The maximum Gasteiger partial charge on any atom is 0.150 e. The minimum Gasteiger partial charge on any atom is -0.330 e. The Morgan fingerprint density at radius 1 is 1.33 bits per heavy atom. The second-order valence-electron chi connectivity index (χ2n) is 4.99. The lowest BCUT2D eigenvalue weighted by atomic mass is 9.86. The second-order valence-corrected chi connectivity index (χ2v) is 8.46. The summed E-state index contributed by atoms with van der Waals surface area (Å²) in [6, 6.07) is 8.37. The monoisotopic (exact) mass is 379 g/mol. The Kier molecular flexibility index (Phi) is 4.66. The average Bonchev–Trinajstić information content (AvgIpc) is 2.69. The molecule has 1 aliphatic rings. The molecule has 3 nitrogen and oxygen atoms in total. The molecule has 2 N–H and O–H groups in total. The van der Waals surface area contributed by atoms with Gasteiger partial charge in [0.05, 0.1) is 11.5 Å². The van der Waals surface area contributed by atoms with Crippen LogP contribution in [0, 0.1) is 15.4 Å². The minimum absolute atomic E-state index is 0.235. The van der Waals surface area contributed by atoms with Gasteiger partial charge in [0.25, 0.3) is 0 Å². The molecule has 1 saturated heterocycles. The summed E-state index contributed by atoms with van der Waals surface area (Å²) in [5.41, 5.74) is 7.07. The lowest BCUT2D eigenvalue weighted by Gasteiger charge is -2.20. The van der Waals surface area contributed by atoms with Gasteiger partial charge in [-0.15, -0.1) is 0 Å². The Bertz CT molecular complexity index is 498. The molecule has 5 heteroatoms. The predicted molar refractivity (Wildman–Crippen MR) is 82.2 cm³/mol. The Morgan fingerprint density at radius 3 is 2.50 bits per heavy atom. The minimum atomic E-state index is -2.81. The van der Waals surface area contributed by atoms with Crippen molar-refractivity contribution in [2.75, 3.05) is 18.1 Å². The van der Waals surface area contributed by atoms with Crippen molar-refractivity contribution in [3.05, 3.63) is 33.4 Å². The Morgan fingerprint density at radius 2 is 2.00 bits per heavy atom. The van der Waals surface area contributed by atoms with Crippen molar-refractivity contribution in [2.45, 2.75) is 12.8 Å². The summed E-state index contributed by atoms with van der Waals surface area (Å²) >= 11 is 2.28. The molecule has 100 valence electrons. The average molecular weight is 379 g/mol. The molecular weight excluding hydrogens is 361 g/mol. The number of rotatable bonds is 4. The van der Waals surface area contributed by atoms with Crippen LogP contribution >= 0.6 is 22.6 Å². The third kappa shape index (κ3) is 3.68. The molecular formula is C13H18INO2S. The van der Waals surface area contributed by atoms with Crippen LogP contribution in [0.3, 0.4) is 0 Å².